The van der Waals surface area contributed by atoms with Crippen molar-refractivity contribution in [2.24, 2.45) is 0 Å². The van der Waals surface area contributed by atoms with E-state index in [0.717, 1.165) is 116 Å². The molecule has 0 aliphatic heterocycles. The molecule has 0 aromatic heterocycles. The highest BCUT2D eigenvalue weighted by atomic mass is 16.6. The van der Waals surface area contributed by atoms with E-state index in [9.17, 15) is 14.4 Å². The van der Waals surface area contributed by atoms with Crippen molar-refractivity contribution in [3.05, 3.63) is 72.9 Å². The van der Waals surface area contributed by atoms with Gasteiger partial charge in [0.2, 0.25) is 0 Å². The van der Waals surface area contributed by atoms with Gasteiger partial charge in [-0.15, -0.1) is 0 Å². The fourth-order valence-corrected chi connectivity index (χ4v) is 7.30. The molecule has 0 bridgehead atoms. The molecule has 0 radical (unpaired) electrons. The third-order valence-corrected chi connectivity index (χ3v) is 11.4. The van der Waals surface area contributed by atoms with Crippen molar-refractivity contribution in [3.8, 4) is 0 Å². The van der Waals surface area contributed by atoms with Crippen LogP contribution in [0.25, 0.3) is 0 Å². The van der Waals surface area contributed by atoms with E-state index in [1.54, 1.807) is 0 Å². The monoisotopic (exact) mass is 893 g/mol. The number of ether oxygens (including phenoxy) is 3. The normalized spacial score (nSPS) is 12.6. The van der Waals surface area contributed by atoms with E-state index in [1.165, 1.54) is 103 Å². The van der Waals surface area contributed by atoms with Gasteiger partial charge in [0.15, 0.2) is 6.10 Å². The lowest BCUT2D eigenvalue weighted by Crippen LogP contribution is -2.30. The van der Waals surface area contributed by atoms with Crippen LogP contribution in [-0.2, 0) is 28.6 Å². The number of allylic oxidation sites excluding steroid dienone is 12. The Balaban J connectivity index is 4.46. The number of hydrogen-bond donors (Lipinski definition) is 0. The first kappa shape index (κ1) is 60.9. The van der Waals surface area contributed by atoms with Crippen molar-refractivity contribution < 1.29 is 28.6 Å². The Hall–Kier alpha value is -3.15. The Morgan fingerprint density at radius 3 is 0.922 bits per heavy atom. The molecule has 0 amide bonds. The fraction of sp³-hybridized carbons (Fsp3) is 0.741. The molecule has 6 heteroatoms. The molecular formula is C58H100O6. The minimum Gasteiger partial charge on any atom is -0.462 e. The second kappa shape index (κ2) is 52.5. The van der Waals surface area contributed by atoms with E-state index in [4.69, 9.17) is 14.2 Å². The Morgan fingerprint density at radius 1 is 0.312 bits per heavy atom. The van der Waals surface area contributed by atoms with Crippen molar-refractivity contribution in [1.29, 1.82) is 0 Å². The molecule has 0 N–H and O–H groups in total. The summed E-state index contributed by atoms with van der Waals surface area (Å²) >= 11 is 0. The second-order valence-electron chi connectivity index (χ2n) is 17.8. The van der Waals surface area contributed by atoms with Crippen LogP contribution < -0.4 is 0 Å². The van der Waals surface area contributed by atoms with Crippen molar-refractivity contribution in [2.75, 3.05) is 13.2 Å². The number of unbranched alkanes of at least 4 members (excludes halogenated alkanes) is 25. The SMILES string of the molecule is CCCCC/C=C\C/C=C\C/C=C\CCCCCCC(=O)OC[C@@H](COC(=O)CCCCCCC/C=C\CCCCCCC)OC(=O)CCCCCCC/C=C\C/C=C\CCCCC. The molecule has 64 heavy (non-hydrogen) atoms. The highest BCUT2D eigenvalue weighted by molar-refractivity contribution is 5.71. The molecule has 6 nitrogen and oxygen atoms in total. The summed E-state index contributed by atoms with van der Waals surface area (Å²) < 4.78 is 16.8. The molecule has 0 heterocycles. The van der Waals surface area contributed by atoms with Gasteiger partial charge in [0.25, 0.3) is 0 Å². The van der Waals surface area contributed by atoms with Crippen molar-refractivity contribution in [1.82, 2.24) is 0 Å². The molecule has 0 aromatic rings. The van der Waals surface area contributed by atoms with Gasteiger partial charge in [-0.1, -0.05) is 196 Å². The number of carbonyl (C=O) groups is 3. The summed E-state index contributed by atoms with van der Waals surface area (Å²) in [7, 11) is 0. The second-order valence-corrected chi connectivity index (χ2v) is 17.8. The molecule has 0 saturated heterocycles. The average Bonchev–Trinajstić information content (AvgIpc) is 3.29. The van der Waals surface area contributed by atoms with E-state index >= 15 is 0 Å². The quantitative estimate of drug-likeness (QED) is 0.0262. The maximum absolute atomic E-state index is 12.8. The van der Waals surface area contributed by atoms with Gasteiger partial charge in [-0.25, -0.2) is 0 Å². The van der Waals surface area contributed by atoms with Gasteiger partial charge in [-0.05, 0) is 116 Å². The van der Waals surface area contributed by atoms with Crippen LogP contribution in [0.4, 0.5) is 0 Å². The Bertz CT molecular complexity index is 1210. The molecule has 0 aliphatic rings. The summed E-state index contributed by atoms with van der Waals surface area (Å²) in [4.78, 5) is 38.0. The zero-order chi connectivity index (χ0) is 46.5. The van der Waals surface area contributed by atoms with Crippen LogP contribution in [0.3, 0.4) is 0 Å². The summed E-state index contributed by atoms with van der Waals surface area (Å²) in [5.74, 6) is -0.934. The zero-order valence-corrected chi connectivity index (χ0v) is 42.0. The van der Waals surface area contributed by atoms with Gasteiger partial charge in [0.1, 0.15) is 13.2 Å². The first-order chi connectivity index (χ1) is 31.5. The number of carbonyl (C=O) groups excluding carboxylic acids is 3. The van der Waals surface area contributed by atoms with Crippen LogP contribution in [0.15, 0.2) is 72.9 Å². The smallest absolute Gasteiger partial charge is 0.306 e. The maximum atomic E-state index is 12.8. The zero-order valence-electron chi connectivity index (χ0n) is 42.0. The first-order valence-electron chi connectivity index (χ1n) is 26.9. The van der Waals surface area contributed by atoms with Gasteiger partial charge in [0, 0.05) is 19.3 Å². The highest BCUT2D eigenvalue weighted by Crippen LogP contribution is 2.13. The largest absolute Gasteiger partial charge is 0.462 e. The Labute approximate surface area is 395 Å². The van der Waals surface area contributed by atoms with E-state index < -0.39 is 6.10 Å². The molecule has 0 unspecified atom stereocenters. The van der Waals surface area contributed by atoms with Gasteiger partial charge in [-0.2, -0.15) is 0 Å². The third kappa shape index (κ3) is 49.9. The number of esters is 3. The predicted molar refractivity (Wildman–Crippen MR) is 274 cm³/mol. The lowest BCUT2D eigenvalue weighted by atomic mass is 10.1. The summed E-state index contributed by atoms with van der Waals surface area (Å²) in [6.07, 6.45) is 65.9. The molecule has 368 valence electrons. The van der Waals surface area contributed by atoms with Crippen LogP contribution in [-0.4, -0.2) is 37.2 Å². The molecule has 0 aromatic carbocycles. The summed E-state index contributed by atoms with van der Waals surface area (Å²) in [6.45, 7) is 6.54. The van der Waals surface area contributed by atoms with E-state index in [2.05, 4.69) is 93.7 Å². The van der Waals surface area contributed by atoms with Gasteiger partial charge >= 0.3 is 17.9 Å². The van der Waals surface area contributed by atoms with Gasteiger partial charge in [-0.3, -0.25) is 14.4 Å². The minimum absolute atomic E-state index is 0.0928. The standard InChI is InChI=1S/C58H100O6/c1-4-7-10-13-16-19-22-25-28-29-31-33-36-39-42-45-48-51-57(60)63-54-55(53-62-56(59)50-47-44-41-38-35-32-27-24-21-18-15-12-9-6-3)64-58(61)52-49-46-43-40-37-34-30-26-23-20-17-14-11-8-5-2/h16-17,19-20,24-28,30-31,33,55H,4-15,18,21-23,29,32,34-54H2,1-3H3/b19-16-,20-17-,27-24-,28-25-,30-26-,33-31-/t55-/m1/s1. The summed E-state index contributed by atoms with van der Waals surface area (Å²) in [5, 5.41) is 0. The maximum Gasteiger partial charge on any atom is 0.306 e. The van der Waals surface area contributed by atoms with Crippen LogP contribution in [0, 0.1) is 0 Å². The van der Waals surface area contributed by atoms with Crippen LogP contribution in [0.2, 0.25) is 0 Å². The van der Waals surface area contributed by atoms with Crippen LogP contribution in [0.1, 0.15) is 258 Å². The fourth-order valence-electron chi connectivity index (χ4n) is 7.30. The molecule has 1 atom stereocenters. The molecule has 0 aliphatic carbocycles. The van der Waals surface area contributed by atoms with E-state index in [-0.39, 0.29) is 31.1 Å². The first-order valence-corrected chi connectivity index (χ1v) is 26.9. The Morgan fingerprint density at radius 2 is 0.562 bits per heavy atom. The number of rotatable bonds is 48. The van der Waals surface area contributed by atoms with Crippen LogP contribution >= 0.6 is 0 Å². The van der Waals surface area contributed by atoms with Crippen molar-refractivity contribution in [3.63, 3.8) is 0 Å². The average molecular weight is 893 g/mol. The molecule has 0 saturated carbocycles. The predicted octanol–water partition coefficient (Wildman–Crippen LogP) is 17.8. The molecule has 0 rings (SSSR count). The van der Waals surface area contributed by atoms with Gasteiger partial charge < -0.3 is 14.2 Å². The minimum atomic E-state index is -0.795. The summed E-state index contributed by atoms with van der Waals surface area (Å²) in [5.41, 5.74) is 0. The Kier molecular flexibility index (Phi) is 49.9. The van der Waals surface area contributed by atoms with Crippen LogP contribution in [0.5, 0.6) is 0 Å². The van der Waals surface area contributed by atoms with Gasteiger partial charge in [0.05, 0.1) is 0 Å². The lowest BCUT2D eigenvalue weighted by Gasteiger charge is -2.18. The lowest BCUT2D eigenvalue weighted by molar-refractivity contribution is -0.167. The van der Waals surface area contributed by atoms with Crippen molar-refractivity contribution in [2.45, 2.75) is 264 Å². The highest BCUT2D eigenvalue weighted by Gasteiger charge is 2.19. The van der Waals surface area contributed by atoms with Crippen molar-refractivity contribution >= 4 is 17.9 Å². The topological polar surface area (TPSA) is 78.9 Å². The third-order valence-electron chi connectivity index (χ3n) is 11.4. The molecular weight excluding hydrogens is 793 g/mol. The summed E-state index contributed by atoms with van der Waals surface area (Å²) in [6, 6.07) is 0. The molecule has 0 spiro atoms. The van der Waals surface area contributed by atoms with E-state index in [1.807, 2.05) is 0 Å². The molecule has 0 fully saturated rings. The number of hydrogen-bond acceptors (Lipinski definition) is 6. The van der Waals surface area contributed by atoms with E-state index in [0.29, 0.717) is 19.3 Å².